The monoisotopic (exact) mass is 482 g/mol. The molecule has 1 saturated heterocycles. The molecule has 1 aromatic carbocycles. The first-order chi connectivity index (χ1) is 16.4. The van der Waals surface area contributed by atoms with Gasteiger partial charge in [0, 0.05) is 29.8 Å². The molecule has 1 N–H and O–H groups in total. The number of aromatic nitrogens is 3. The summed E-state index contributed by atoms with van der Waals surface area (Å²) in [4.78, 5) is 9.04. The first kappa shape index (κ1) is 23.0. The van der Waals surface area contributed by atoms with Crippen LogP contribution in [0, 0.1) is 12.3 Å². The third-order valence-electron chi connectivity index (χ3n) is 6.62. The van der Waals surface area contributed by atoms with E-state index < -0.39 is 16.6 Å². The highest BCUT2D eigenvalue weighted by atomic mass is 32.2. The lowest BCUT2D eigenvalue weighted by Gasteiger charge is -2.38. The topological polar surface area (TPSA) is 87.5 Å². The summed E-state index contributed by atoms with van der Waals surface area (Å²) < 4.78 is 33.1. The van der Waals surface area contributed by atoms with Gasteiger partial charge in [0.05, 0.1) is 53.1 Å². The van der Waals surface area contributed by atoms with E-state index in [1.165, 1.54) is 19.0 Å². The van der Waals surface area contributed by atoms with Crippen LogP contribution in [0.2, 0.25) is 0 Å². The fourth-order valence-corrected chi connectivity index (χ4v) is 5.30. The molecule has 1 saturated carbocycles. The van der Waals surface area contributed by atoms with Gasteiger partial charge in [-0.25, -0.2) is 9.66 Å². The van der Waals surface area contributed by atoms with Crippen molar-refractivity contribution in [3.63, 3.8) is 0 Å². The Morgan fingerprint density at radius 3 is 2.76 bits per heavy atom. The number of fused-ring (bicyclic) bond motifs is 1. The van der Waals surface area contributed by atoms with Crippen LogP contribution in [0.4, 0.5) is 0 Å². The fourth-order valence-electron chi connectivity index (χ4n) is 4.07. The second-order valence-electron chi connectivity index (χ2n) is 9.23. The molecular formula is C25H30N4O4S. The SMILES string of the molecule is C=CNn1c(S(=O)Cc2nccc(OCCC3(C)OCC4(CC4)CO3)c2C)nc2ccccc21. The number of ether oxygens (including phenoxy) is 3. The molecule has 2 aromatic heterocycles. The molecule has 0 amide bonds. The summed E-state index contributed by atoms with van der Waals surface area (Å²) in [6, 6.07) is 9.46. The van der Waals surface area contributed by atoms with Gasteiger partial charge in [0.2, 0.25) is 5.16 Å². The summed E-state index contributed by atoms with van der Waals surface area (Å²) in [6.07, 6.45) is 6.24. The normalized spacial score (nSPS) is 19.1. The van der Waals surface area contributed by atoms with Crippen LogP contribution in [0.15, 0.2) is 54.5 Å². The maximum absolute atomic E-state index is 13.3. The van der Waals surface area contributed by atoms with E-state index in [0.717, 1.165) is 35.6 Å². The molecule has 5 rings (SSSR count). The molecule has 0 radical (unpaired) electrons. The maximum atomic E-state index is 13.3. The van der Waals surface area contributed by atoms with Crippen molar-refractivity contribution in [3.8, 4) is 5.75 Å². The van der Waals surface area contributed by atoms with Crippen molar-refractivity contribution < 1.29 is 18.4 Å². The van der Waals surface area contributed by atoms with E-state index >= 15 is 0 Å². The number of para-hydroxylation sites is 2. The van der Waals surface area contributed by atoms with Crippen molar-refractivity contribution in [2.24, 2.45) is 5.41 Å². The Morgan fingerprint density at radius 2 is 2.03 bits per heavy atom. The van der Waals surface area contributed by atoms with Crippen LogP contribution in [0.3, 0.4) is 0 Å². The molecule has 1 atom stereocenters. The van der Waals surface area contributed by atoms with Crippen molar-refractivity contribution in [2.45, 2.75) is 49.8 Å². The van der Waals surface area contributed by atoms with Crippen LogP contribution in [-0.2, 0) is 26.0 Å². The van der Waals surface area contributed by atoms with Gasteiger partial charge in [0.1, 0.15) is 5.75 Å². The van der Waals surface area contributed by atoms with Crippen LogP contribution in [0.1, 0.15) is 37.4 Å². The molecule has 34 heavy (non-hydrogen) atoms. The average molecular weight is 483 g/mol. The van der Waals surface area contributed by atoms with Gasteiger partial charge in [-0.2, -0.15) is 0 Å². The van der Waals surface area contributed by atoms with E-state index in [4.69, 9.17) is 14.2 Å². The largest absolute Gasteiger partial charge is 0.493 e. The molecule has 3 heterocycles. The zero-order valence-electron chi connectivity index (χ0n) is 19.6. The Labute approximate surface area is 201 Å². The number of benzene rings is 1. The van der Waals surface area contributed by atoms with E-state index in [1.807, 2.05) is 44.2 Å². The lowest BCUT2D eigenvalue weighted by molar-refractivity contribution is -0.283. The lowest BCUT2D eigenvalue weighted by Crippen LogP contribution is -2.43. The molecule has 2 aliphatic rings. The highest BCUT2D eigenvalue weighted by molar-refractivity contribution is 7.84. The number of pyridine rings is 1. The Morgan fingerprint density at radius 1 is 1.26 bits per heavy atom. The minimum atomic E-state index is -1.43. The van der Waals surface area contributed by atoms with Gasteiger partial charge in [-0.15, -0.1) is 0 Å². The van der Waals surface area contributed by atoms with Crippen molar-refractivity contribution in [3.05, 3.63) is 60.6 Å². The number of rotatable bonds is 9. The van der Waals surface area contributed by atoms with Crippen LogP contribution in [-0.4, -0.2) is 44.5 Å². The minimum Gasteiger partial charge on any atom is -0.493 e. The van der Waals surface area contributed by atoms with Crippen LogP contribution >= 0.6 is 0 Å². The van der Waals surface area contributed by atoms with Crippen LogP contribution < -0.4 is 10.2 Å². The van der Waals surface area contributed by atoms with E-state index in [9.17, 15) is 4.21 Å². The number of nitrogens with zero attached hydrogens (tertiary/aromatic N) is 3. The standard InChI is InChI=1S/C25H30N4O4S/c1-4-27-29-21-8-6-5-7-19(21)28-23(29)34(30)15-20-18(2)22(9-13-26-20)31-14-12-24(3)32-16-25(10-11-25)17-33-24/h4-9,13,27H,1,10-12,14-17H2,2-3H3. The molecular weight excluding hydrogens is 452 g/mol. The van der Waals surface area contributed by atoms with E-state index in [1.54, 1.807) is 10.9 Å². The van der Waals surface area contributed by atoms with Gasteiger partial charge in [-0.1, -0.05) is 18.7 Å². The summed E-state index contributed by atoms with van der Waals surface area (Å²) in [5.74, 6) is 0.325. The molecule has 3 aromatic rings. The fraction of sp³-hybridized carbons (Fsp3) is 0.440. The van der Waals surface area contributed by atoms with Gasteiger partial charge >= 0.3 is 0 Å². The summed E-state index contributed by atoms with van der Waals surface area (Å²) in [5.41, 5.74) is 6.46. The number of imidazole rings is 1. The maximum Gasteiger partial charge on any atom is 0.219 e. The predicted octanol–water partition coefficient (Wildman–Crippen LogP) is 4.05. The summed E-state index contributed by atoms with van der Waals surface area (Å²) in [6.45, 7) is 9.62. The third kappa shape index (κ3) is 4.60. The summed E-state index contributed by atoms with van der Waals surface area (Å²) in [5, 5.41) is 0.418. The summed E-state index contributed by atoms with van der Waals surface area (Å²) in [7, 11) is -1.43. The Balaban J connectivity index is 1.26. The number of nitrogens with one attached hydrogen (secondary N) is 1. The van der Waals surface area contributed by atoms with Crippen LogP contribution in [0.5, 0.6) is 5.75 Å². The van der Waals surface area contributed by atoms with Gasteiger partial charge in [-0.3, -0.25) is 14.6 Å². The second-order valence-corrected chi connectivity index (χ2v) is 10.6. The zero-order chi connectivity index (χ0) is 23.8. The van der Waals surface area contributed by atoms with Crippen molar-refractivity contribution >= 4 is 21.8 Å². The third-order valence-corrected chi connectivity index (χ3v) is 7.84. The molecule has 1 aliphatic carbocycles. The van der Waals surface area contributed by atoms with Gasteiger partial charge in [-0.05, 0) is 44.9 Å². The van der Waals surface area contributed by atoms with Crippen molar-refractivity contribution in [2.75, 3.05) is 25.2 Å². The molecule has 1 spiro atoms. The van der Waals surface area contributed by atoms with Crippen molar-refractivity contribution in [1.29, 1.82) is 0 Å². The second kappa shape index (κ2) is 9.13. The molecule has 0 bridgehead atoms. The average Bonchev–Trinajstić information content (AvgIpc) is 3.51. The zero-order valence-corrected chi connectivity index (χ0v) is 20.4. The number of hydrogen-bond donors (Lipinski definition) is 1. The minimum absolute atomic E-state index is 0.219. The summed E-state index contributed by atoms with van der Waals surface area (Å²) >= 11 is 0. The predicted molar refractivity (Wildman–Crippen MR) is 130 cm³/mol. The first-order valence-electron chi connectivity index (χ1n) is 11.5. The molecule has 9 heteroatoms. The van der Waals surface area contributed by atoms with Gasteiger partial charge < -0.3 is 14.2 Å². The quantitative estimate of drug-likeness (QED) is 0.492. The number of hydrogen-bond acceptors (Lipinski definition) is 7. The molecule has 1 unspecified atom stereocenters. The highest BCUT2D eigenvalue weighted by Gasteiger charge is 2.49. The lowest BCUT2D eigenvalue weighted by atomic mass is 10.1. The van der Waals surface area contributed by atoms with Gasteiger partial charge in [0.15, 0.2) is 5.79 Å². The molecule has 1 aliphatic heterocycles. The van der Waals surface area contributed by atoms with E-state index in [2.05, 4.69) is 22.0 Å². The smallest absolute Gasteiger partial charge is 0.219 e. The van der Waals surface area contributed by atoms with Crippen LogP contribution in [0.25, 0.3) is 11.0 Å². The Kier molecular flexibility index (Phi) is 6.18. The Hall–Kier alpha value is -2.75. The molecule has 8 nitrogen and oxygen atoms in total. The molecule has 2 fully saturated rings. The first-order valence-corrected chi connectivity index (χ1v) is 12.8. The highest BCUT2D eigenvalue weighted by Crippen LogP contribution is 2.50. The van der Waals surface area contributed by atoms with Gasteiger partial charge in [0.25, 0.3) is 0 Å². The van der Waals surface area contributed by atoms with E-state index in [-0.39, 0.29) is 11.2 Å². The van der Waals surface area contributed by atoms with E-state index in [0.29, 0.717) is 23.9 Å². The van der Waals surface area contributed by atoms with Crippen molar-refractivity contribution in [1.82, 2.24) is 14.6 Å². The molecule has 180 valence electrons. The Bertz CT molecular complexity index is 1230.